The van der Waals surface area contributed by atoms with Gasteiger partial charge in [0.1, 0.15) is 0 Å². The molecule has 0 bridgehead atoms. The molecule has 1 aromatic carbocycles. The summed E-state index contributed by atoms with van der Waals surface area (Å²) < 4.78 is 5.27. The highest BCUT2D eigenvalue weighted by atomic mass is 32.1. The first kappa shape index (κ1) is 16.0. The molecule has 128 valence electrons. The molecular formula is C19H19N3O2S. The first-order valence-electron chi connectivity index (χ1n) is 8.41. The Morgan fingerprint density at radius 2 is 2.24 bits per heavy atom. The minimum Gasteiger partial charge on any atom is -0.339 e. The lowest BCUT2D eigenvalue weighted by Crippen LogP contribution is -2.30. The van der Waals surface area contributed by atoms with Crippen molar-refractivity contribution >= 4 is 17.2 Å². The van der Waals surface area contributed by atoms with E-state index in [-0.39, 0.29) is 11.9 Å². The van der Waals surface area contributed by atoms with Crippen molar-refractivity contribution in [1.82, 2.24) is 15.0 Å². The van der Waals surface area contributed by atoms with Gasteiger partial charge in [-0.3, -0.25) is 4.79 Å². The smallest absolute Gasteiger partial charge is 0.227 e. The molecule has 0 spiro atoms. The van der Waals surface area contributed by atoms with Crippen LogP contribution in [0.1, 0.15) is 35.9 Å². The van der Waals surface area contributed by atoms with Crippen LogP contribution in [0, 0.1) is 0 Å². The monoisotopic (exact) mass is 353 g/mol. The second-order valence-corrected chi connectivity index (χ2v) is 7.06. The van der Waals surface area contributed by atoms with E-state index in [4.69, 9.17) is 4.52 Å². The molecule has 4 rings (SSSR count). The maximum absolute atomic E-state index is 12.6. The van der Waals surface area contributed by atoms with E-state index in [1.165, 1.54) is 11.1 Å². The zero-order valence-corrected chi connectivity index (χ0v) is 14.8. The highest BCUT2D eigenvalue weighted by molar-refractivity contribution is 7.08. The zero-order chi connectivity index (χ0) is 17.2. The van der Waals surface area contributed by atoms with Crippen LogP contribution in [0.15, 0.2) is 45.6 Å². The van der Waals surface area contributed by atoms with Crippen LogP contribution in [-0.2, 0) is 17.6 Å². The molecule has 1 aliphatic rings. The first-order chi connectivity index (χ1) is 12.2. The lowest BCUT2D eigenvalue weighted by molar-refractivity contribution is -0.132. The van der Waals surface area contributed by atoms with E-state index >= 15 is 0 Å². The molecular weight excluding hydrogens is 334 g/mol. The van der Waals surface area contributed by atoms with Crippen LogP contribution in [0.2, 0.25) is 0 Å². The van der Waals surface area contributed by atoms with Gasteiger partial charge in [0.25, 0.3) is 0 Å². The molecule has 2 heterocycles. The lowest BCUT2D eigenvalue weighted by atomic mass is 10.1. The number of nitrogens with zero attached hydrogens (tertiary/aromatic N) is 3. The van der Waals surface area contributed by atoms with Crippen LogP contribution in [0.5, 0.6) is 0 Å². The highest BCUT2D eigenvalue weighted by Gasteiger charge is 2.28. The summed E-state index contributed by atoms with van der Waals surface area (Å²) in [6.07, 6.45) is 2.87. The van der Waals surface area contributed by atoms with Crippen LogP contribution in [0.25, 0.3) is 11.4 Å². The molecule has 0 N–H and O–H groups in total. The summed E-state index contributed by atoms with van der Waals surface area (Å²) >= 11 is 1.59. The van der Waals surface area contributed by atoms with Gasteiger partial charge in [-0.1, -0.05) is 29.4 Å². The maximum Gasteiger partial charge on any atom is 0.227 e. The number of aromatic nitrogens is 2. The fourth-order valence-corrected chi connectivity index (χ4v) is 4.00. The third-order valence-corrected chi connectivity index (χ3v) is 5.45. The summed E-state index contributed by atoms with van der Waals surface area (Å²) in [5.41, 5.74) is 3.58. The highest BCUT2D eigenvalue weighted by Crippen LogP contribution is 2.35. The Hall–Kier alpha value is -2.47. The quantitative estimate of drug-likeness (QED) is 0.698. The number of amides is 1. The molecule has 0 fully saturated rings. The van der Waals surface area contributed by atoms with Crippen molar-refractivity contribution in [3.05, 3.63) is 58.1 Å². The fraction of sp³-hybridized carbons (Fsp3) is 0.316. The van der Waals surface area contributed by atoms with Gasteiger partial charge in [-0.15, -0.1) is 0 Å². The molecule has 1 atom stereocenters. The van der Waals surface area contributed by atoms with E-state index in [2.05, 4.69) is 28.3 Å². The van der Waals surface area contributed by atoms with Crippen LogP contribution in [0.3, 0.4) is 0 Å². The number of hydrogen-bond acceptors (Lipinski definition) is 5. The summed E-state index contributed by atoms with van der Waals surface area (Å²) in [6, 6.07) is 10.5. The third-order valence-electron chi connectivity index (χ3n) is 4.76. The number of thiophene rings is 1. The average molecular weight is 353 g/mol. The van der Waals surface area contributed by atoms with Crippen molar-refractivity contribution in [3.8, 4) is 11.4 Å². The Bertz CT molecular complexity index is 872. The van der Waals surface area contributed by atoms with Crippen LogP contribution in [0.4, 0.5) is 0 Å². The molecule has 2 aromatic heterocycles. The predicted octanol–water partition coefficient (Wildman–Crippen LogP) is 3.88. The summed E-state index contributed by atoms with van der Waals surface area (Å²) in [7, 11) is 1.89. The van der Waals surface area contributed by atoms with E-state index < -0.39 is 0 Å². The van der Waals surface area contributed by atoms with Crippen LogP contribution >= 0.6 is 11.3 Å². The molecule has 5 nitrogen and oxygen atoms in total. The first-order valence-corrected chi connectivity index (χ1v) is 9.35. The molecule has 1 aliphatic carbocycles. The Kier molecular flexibility index (Phi) is 4.36. The number of aryl methyl sites for hydroxylation is 2. The Balaban J connectivity index is 1.38. The van der Waals surface area contributed by atoms with Gasteiger partial charge in [-0.25, -0.2) is 0 Å². The SMILES string of the molecule is CN(C(=O)CCc1nc(-c2ccsc2)no1)[C@H]1CCc2ccccc21. The lowest BCUT2D eigenvalue weighted by Gasteiger charge is -2.25. The van der Waals surface area contributed by atoms with Crippen LogP contribution in [-0.4, -0.2) is 28.0 Å². The van der Waals surface area contributed by atoms with Gasteiger partial charge in [-0.05, 0) is 35.4 Å². The summed E-state index contributed by atoms with van der Waals surface area (Å²) in [6.45, 7) is 0. The van der Waals surface area contributed by atoms with E-state index in [0.29, 0.717) is 24.6 Å². The molecule has 0 saturated heterocycles. The molecule has 3 aromatic rings. The standard InChI is InChI=1S/C19H19N3O2S/c1-22(16-7-6-13-4-2-3-5-15(13)16)18(23)9-8-17-20-19(21-24-17)14-10-11-25-12-14/h2-5,10-12,16H,6-9H2,1H3/t16-/m0/s1. The van der Waals surface area contributed by atoms with E-state index in [1.54, 1.807) is 11.3 Å². The largest absolute Gasteiger partial charge is 0.339 e. The van der Waals surface area contributed by atoms with Crippen molar-refractivity contribution in [1.29, 1.82) is 0 Å². The van der Waals surface area contributed by atoms with E-state index in [9.17, 15) is 4.79 Å². The van der Waals surface area contributed by atoms with Gasteiger partial charge in [0.15, 0.2) is 0 Å². The van der Waals surface area contributed by atoms with Gasteiger partial charge in [0.05, 0.1) is 6.04 Å². The predicted molar refractivity (Wildman–Crippen MR) is 96.2 cm³/mol. The van der Waals surface area contributed by atoms with Gasteiger partial charge in [0, 0.05) is 30.8 Å². The van der Waals surface area contributed by atoms with Gasteiger partial charge in [-0.2, -0.15) is 16.3 Å². The maximum atomic E-state index is 12.6. The van der Waals surface area contributed by atoms with Crippen molar-refractivity contribution in [3.63, 3.8) is 0 Å². The molecule has 0 aliphatic heterocycles. The Labute approximate surface area is 150 Å². The number of carbonyl (C=O) groups is 1. The van der Waals surface area contributed by atoms with Gasteiger partial charge in [0.2, 0.25) is 17.6 Å². The minimum atomic E-state index is 0.108. The number of hydrogen-bond donors (Lipinski definition) is 0. The van der Waals surface area contributed by atoms with E-state index in [1.807, 2.05) is 34.8 Å². The van der Waals surface area contributed by atoms with Gasteiger partial charge < -0.3 is 9.42 Å². The summed E-state index contributed by atoms with van der Waals surface area (Å²) in [5.74, 6) is 1.20. The summed E-state index contributed by atoms with van der Waals surface area (Å²) in [4.78, 5) is 18.8. The van der Waals surface area contributed by atoms with Crippen molar-refractivity contribution in [2.45, 2.75) is 31.7 Å². The fourth-order valence-electron chi connectivity index (χ4n) is 3.37. The number of benzene rings is 1. The van der Waals surface area contributed by atoms with Crippen molar-refractivity contribution in [2.24, 2.45) is 0 Å². The Morgan fingerprint density at radius 1 is 1.36 bits per heavy atom. The molecule has 25 heavy (non-hydrogen) atoms. The van der Waals surface area contributed by atoms with E-state index in [0.717, 1.165) is 18.4 Å². The average Bonchev–Trinajstić information content (AvgIpc) is 3.38. The van der Waals surface area contributed by atoms with Crippen molar-refractivity contribution in [2.75, 3.05) is 7.05 Å². The Morgan fingerprint density at radius 3 is 3.08 bits per heavy atom. The summed E-state index contributed by atoms with van der Waals surface area (Å²) in [5, 5.41) is 7.94. The molecule has 0 saturated carbocycles. The van der Waals surface area contributed by atoms with Gasteiger partial charge >= 0.3 is 0 Å². The van der Waals surface area contributed by atoms with Crippen molar-refractivity contribution < 1.29 is 9.32 Å². The normalized spacial score (nSPS) is 16.0. The molecule has 1 amide bonds. The topological polar surface area (TPSA) is 59.2 Å². The number of fused-ring (bicyclic) bond motifs is 1. The zero-order valence-electron chi connectivity index (χ0n) is 14.0. The number of carbonyl (C=O) groups excluding carboxylic acids is 1. The third kappa shape index (κ3) is 3.22. The second-order valence-electron chi connectivity index (χ2n) is 6.28. The molecule has 6 heteroatoms. The number of rotatable bonds is 5. The second kappa shape index (κ2) is 6.80. The minimum absolute atomic E-state index is 0.108. The molecule has 0 unspecified atom stereocenters. The molecule has 0 radical (unpaired) electrons. The van der Waals surface area contributed by atoms with Crippen LogP contribution < -0.4 is 0 Å².